The number of nitrogens with zero attached hydrogens (tertiary/aromatic N) is 3. The number of nitrogens with one attached hydrogen (secondary N) is 1. The molecular weight excluding hydrogens is 248 g/mol. The van der Waals surface area contributed by atoms with Gasteiger partial charge in [-0.3, -0.25) is 4.98 Å². The molecule has 2 heterocycles. The Morgan fingerprint density at radius 2 is 1.90 bits per heavy atom. The molecule has 0 unspecified atom stereocenters. The van der Waals surface area contributed by atoms with Gasteiger partial charge in [-0.25, -0.2) is 9.97 Å². The van der Waals surface area contributed by atoms with Gasteiger partial charge in [0.1, 0.15) is 11.6 Å². The zero-order valence-electron chi connectivity index (χ0n) is 12.9. The Morgan fingerprint density at radius 1 is 1.15 bits per heavy atom. The molecule has 4 nitrogen and oxygen atoms in total. The van der Waals surface area contributed by atoms with Crippen LogP contribution >= 0.6 is 0 Å². The number of hydrogen-bond acceptors (Lipinski definition) is 4. The van der Waals surface area contributed by atoms with Crippen LogP contribution in [0.3, 0.4) is 0 Å². The highest BCUT2D eigenvalue weighted by molar-refractivity contribution is 5.68. The van der Waals surface area contributed by atoms with Crippen LogP contribution in [0.25, 0.3) is 11.3 Å². The first-order valence-corrected chi connectivity index (χ1v) is 7.07. The van der Waals surface area contributed by atoms with Crippen molar-refractivity contribution in [3.63, 3.8) is 0 Å². The number of aromatic nitrogens is 3. The van der Waals surface area contributed by atoms with Crippen molar-refractivity contribution in [2.45, 2.75) is 40.5 Å². The van der Waals surface area contributed by atoms with Crippen LogP contribution in [0, 0.1) is 13.8 Å². The van der Waals surface area contributed by atoms with E-state index in [1.165, 1.54) is 0 Å². The largest absolute Gasteiger partial charge is 0.370 e. The molecule has 0 radical (unpaired) electrons. The van der Waals surface area contributed by atoms with Crippen molar-refractivity contribution in [3.8, 4) is 11.3 Å². The van der Waals surface area contributed by atoms with Gasteiger partial charge in [-0.15, -0.1) is 0 Å². The molecule has 0 aliphatic rings. The molecule has 2 rings (SSSR count). The maximum atomic E-state index is 4.73. The van der Waals surface area contributed by atoms with E-state index in [1.54, 1.807) is 0 Å². The van der Waals surface area contributed by atoms with Crippen molar-refractivity contribution in [1.82, 2.24) is 15.0 Å². The summed E-state index contributed by atoms with van der Waals surface area (Å²) in [5.41, 5.74) is 4.22. The van der Waals surface area contributed by atoms with Crippen LogP contribution in [0.5, 0.6) is 0 Å². The zero-order valence-corrected chi connectivity index (χ0v) is 12.9. The predicted octanol–water partition coefficient (Wildman–Crippen LogP) is 3.71. The maximum Gasteiger partial charge on any atom is 0.133 e. The van der Waals surface area contributed by atoms with Crippen molar-refractivity contribution in [2.75, 3.05) is 11.9 Å². The van der Waals surface area contributed by atoms with Crippen LogP contribution in [0.15, 0.2) is 18.5 Å². The Labute approximate surface area is 120 Å². The van der Waals surface area contributed by atoms with Gasteiger partial charge in [0.05, 0.1) is 5.69 Å². The van der Waals surface area contributed by atoms with Crippen LogP contribution in [0.4, 0.5) is 5.82 Å². The first-order chi connectivity index (χ1) is 9.52. The Hall–Kier alpha value is -1.97. The van der Waals surface area contributed by atoms with Gasteiger partial charge in [0.25, 0.3) is 0 Å². The Kier molecular flexibility index (Phi) is 4.32. The SMILES string of the molecule is CCNc1nc(C(C)C)nc(-c2cncc(C)c2)c1C. The van der Waals surface area contributed by atoms with Gasteiger partial charge in [-0.05, 0) is 32.4 Å². The molecule has 20 heavy (non-hydrogen) atoms. The molecule has 2 aromatic heterocycles. The average molecular weight is 270 g/mol. The fourth-order valence-corrected chi connectivity index (χ4v) is 2.10. The maximum absolute atomic E-state index is 4.73. The Balaban J connectivity index is 2.61. The van der Waals surface area contributed by atoms with Crippen LogP contribution in [-0.4, -0.2) is 21.5 Å². The fraction of sp³-hybridized carbons (Fsp3) is 0.438. The molecule has 0 amide bonds. The summed E-state index contributed by atoms with van der Waals surface area (Å²) < 4.78 is 0. The second-order valence-corrected chi connectivity index (χ2v) is 5.34. The molecule has 0 saturated carbocycles. The fourth-order valence-electron chi connectivity index (χ4n) is 2.10. The molecule has 106 valence electrons. The summed E-state index contributed by atoms with van der Waals surface area (Å²) in [6, 6.07) is 2.11. The summed E-state index contributed by atoms with van der Waals surface area (Å²) in [5.74, 6) is 2.08. The molecule has 0 atom stereocenters. The van der Waals surface area contributed by atoms with E-state index >= 15 is 0 Å². The number of anilines is 1. The van der Waals surface area contributed by atoms with E-state index in [9.17, 15) is 0 Å². The normalized spacial score (nSPS) is 10.9. The van der Waals surface area contributed by atoms with Crippen molar-refractivity contribution in [3.05, 3.63) is 35.4 Å². The van der Waals surface area contributed by atoms with E-state index < -0.39 is 0 Å². The Bertz CT molecular complexity index is 605. The van der Waals surface area contributed by atoms with E-state index in [2.05, 4.69) is 49.0 Å². The van der Waals surface area contributed by atoms with Gasteiger partial charge >= 0.3 is 0 Å². The molecule has 4 heteroatoms. The lowest BCUT2D eigenvalue weighted by atomic mass is 10.1. The molecule has 0 spiro atoms. The molecule has 1 N–H and O–H groups in total. The average Bonchev–Trinajstić information content (AvgIpc) is 2.41. The van der Waals surface area contributed by atoms with Crippen molar-refractivity contribution < 1.29 is 0 Å². The third kappa shape index (κ3) is 2.95. The zero-order chi connectivity index (χ0) is 14.7. The lowest BCUT2D eigenvalue weighted by Crippen LogP contribution is -2.09. The third-order valence-corrected chi connectivity index (χ3v) is 3.17. The molecule has 0 aliphatic heterocycles. The van der Waals surface area contributed by atoms with E-state index in [1.807, 2.05) is 19.3 Å². The molecule has 0 aliphatic carbocycles. The standard InChI is InChI=1S/C16H22N4/c1-6-18-16-12(5)14(19-15(20-16)10(2)3)13-7-11(4)8-17-9-13/h7-10H,6H2,1-5H3,(H,18,19,20). The summed E-state index contributed by atoms with van der Waals surface area (Å²) in [7, 11) is 0. The number of hydrogen-bond donors (Lipinski definition) is 1. The summed E-state index contributed by atoms with van der Waals surface area (Å²) in [4.78, 5) is 13.6. The molecule has 0 bridgehead atoms. The molecule has 2 aromatic rings. The topological polar surface area (TPSA) is 50.7 Å². The van der Waals surface area contributed by atoms with Gasteiger partial charge in [0.15, 0.2) is 0 Å². The Morgan fingerprint density at radius 3 is 2.50 bits per heavy atom. The molecule has 0 saturated heterocycles. The summed E-state index contributed by atoms with van der Waals surface area (Å²) in [6.45, 7) is 11.2. The van der Waals surface area contributed by atoms with Gasteiger partial charge < -0.3 is 5.32 Å². The molecule has 0 aromatic carbocycles. The van der Waals surface area contributed by atoms with Crippen LogP contribution in [0.1, 0.15) is 43.6 Å². The second-order valence-electron chi connectivity index (χ2n) is 5.34. The van der Waals surface area contributed by atoms with Crippen molar-refractivity contribution in [1.29, 1.82) is 0 Å². The van der Waals surface area contributed by atoms with Gasteiger partial charge in [-0.2, -0.15) is 0 Å². The highest BCUT2D eigenvalue weighted by Crippen LogP contribution is 2.27. The van der Waals surface area contributed by atoms with Gasteiger partial charge in [0, 0.05) is 36.0 Å². The number of aryl methyl sites for hydroxylation is 1. The first-order valence-electron chi connectivity index (χ1n) is 7.07. The minimum atomic E-state index is 0.296. The minimum Gasteiger partial charge on any atom is -0.370 e. The van der Waals surface area contributed by atoms with E-state index in [4.69, 9.17) is 4.98 Å². The predicted molar refractivity (Wildman–Crippen MR) is 83.0 cm³/mol. The quantitative estimate of drug-likeness (QED) is 0.920. The highest BCUT2D eigenvalue weighted by atomic mass is 15.0. The van der Waals surface area contributed by atoms with Crippen LogP contribution in [-0.2, 0) is 0 Å². The van der Waals surface area contributed by atoms with Crippen LogP contribution < -0.4 is 5.32 Å². The second kappa shape index (κ2) is 5.99. The summed E-state index contributed by atoms with van der Waals surface area (Å²) in [6.07, 6.45) is 3.72. The first kappa shape index (κ1) is 14.4. The van der Waals surface area contributed by atoms with E-state index in [0.717, 1.165) is 40.6 Å². The van der Waals surface area contributed by atoms with E-state index in [-0.39, 0.29) is 0 Å². The summed E-state index contributed by atoms with van der Waals surface area (Å²) in [5, 5.41) is 3.32. The van der Waals surface area contributed by atoms with Gasteiger partial charge in [-0.1, -0.05) is 13.8 Å². The molecular formula is C16H22N4. The lowest BCUT2D eigenvalue weighted by molar-refractivity contribution is 0.774. The van der Waals surface area contributed by atoms with E-state index in [0.29, 0.717) is 5.92 Å². The van der Waals surface area contributed by atoms with Crippen molar-refractivity contribution in [2.24, 2.45) is 0 Å². The lowest BCUT2D eigenvalue weighted by Gasteiger charge is -2.15. The summed E-state index contributed by atoms with van der Waals surface area (Å²) >= 11 is 0. The molecule has 0 fully saturated rings. The minimum absolute atomic E-state index is 0.296. The number of rotatable bonds is 4. The highest BCUT2D eigenvalue weighted by Gasteiger charge is 2.14. The third-order valence-electron chi connectivity index (χ3n) is 3.17. The van der Waals surface area contributed by atoms with Gasteiger partial charge in [0.2, 0.25) is 0 Å². The number of pyridine rings is 1. The monoisotopic (exact) mass is 270 g/mol. The van der Waals surface area contributed by atoms with Crippen LogP contribution in [0.2, 0.25) is 0 Å². The van der Waals surface area contributed by atoms with Crippen molar-refractivity contribution >= 4 is 5.82 Å². The smallest absolute Gasteiger partial charge is 0.133 e.